The van der Waals surface area contributed by atoms with E-state index < -0.39 is 0 Å². The minimum absolute atomic E-state index is 0.135. The van der Waals surface area contributed by atoms with Gasteiger partial charge in [0.15, 0.2) is 0 Å². The highest BCUT2D eigenvalue weighted by atomic mass is 79.9. The Morgan fingerprint density at radius 1 is 1.05 bits per heavy atom. The van der Waals surface area contributed by atoms with E-state index in [1.165, 1.54) is 12.1 Å². The number of alkyl halides is 1. The summed E-state index contributed by atoms with van der Waals surface area (Å²) >= 11 is 3.58. The summed E-state index contributed by atoms with van der Waals surface area (Å²) in [4.78, 5) is -0.135. The van der Waals surface area contributed by atoms with Gasteiger partial charge in [0.1, 0.15) is 17.3 Å². The number of ether oxygens (including phenoxy) is 2. The summed E-state index contributed by atoms with van der Waals surface area (Å²) in [6, 6.07) is 12.1. The minimum atomic E-state index is -0.255. The lowest BCUT2D eigenvalue weighted by molar-refractivity contribution is 0.391. The van der Waals surface area contributed by atoms with Gasteiger partial charge in [-0.25, -0.2) is 4.39 Å². The van der Waals surface area contributed by atoms with Crippen LogP contribution in [0.1, 0.15) is 16.0 Å². The Balaban J connectivity index is 2.40. The molecule has 19 heavy (non-hydrogen) atoms. The first-order valence-corrected chi connectivity index (χ1v) is 6.68. The Morgan fingerprint density at radius 2 is 1.84 bits per heavy atom. The van der Waals surface area contributed by atoms with Crippen LogP contribution in [0.4, 0.5) is 4.39 Å². The summed E-state index contributed by atoms with van der Waals surface area (Å²) in [5.41, 5.74) is 1.76. The van der Waals surface area contributed by atoms with E-state index in [4.69, 9.17) is 9.47 Å². The zero-order valence-electron chi connectivity index (χ0n) is 10.7. The molecule has 0 bridgehead atoms. The lowest BCUT2D eigenvalue weighted by Gasteiger charge is -2.15. The molecule has 0 saturated heterocycles. The molecule has 0 amide bonds. The highest BCUT2D eigenvalue weighted by Gasteiger charge is 2.16. The molecular weight excluding hydrogens is 311 g/mol. The third-order valence-electron chi connectivity index (χ3n) is 2.86. The van der Waals surface area contributed by atoms with E-state index in [2.05, 4.69) is 15.9 Å². The average molecular weight is 325 g/mol. The summed E-state index contributed by atoms with van der Waals surface area (Å²) in [6.45, 7) is 0. The maximum Gasteiger partial charge on any atom is 0.127 e. The first-order valence-electron chi connectivity index (χ1n) is 5.77. The van der Waals surface area contributed by atoms with E-state index in [-0.39, 0.29) is 10.6 Å². The molecule has 1 atom stereocenters. The third-order valence-corrected chi connectivity index (χ3v) is 3.88. The van der Waals surface area contributed by atoms with Crippen molar-refractivity contribution in [2.75, 3.05) is 14.2 Å². The molecule has 2 nitrogen and oxygen atoms in total. The van der Waals surface area contributed by atoms with Gasteiger partial charge < -0.3 is 9.47 Å². The predicted molar refractivity (Wildman–Crippen MR) is 76.7 cm³/mol. The second-order valence-corrected chi connectivity index (χ2v) is 4.94. The lowest BCUT2D eigenvalue weighted by Crippen LogP contribution is -1.98. The molecule has 0 aliphatic rings. The van der Waals surface area contributed by atoms with E-state index >= 15 is 0 Å². The normalized spacial score (nSPS) is 12.0. The van der Waals surface area contributed by atoms with Crippen molar-refractivity contribution >= 4 is 15.9 Å². The number of benzene rings is 2. The molecule has 0 saturated carbocycles. The second kappa shape index (κ2) is 6.06. The quantitative estimate of drug-likeness (QED) is 0.779. The first kappa shape index (κ1) is 13.9. The standard InChI is InChI=1S/C15H14BrFO2/c1-18-12-6-7-13(14(9-12)19-2)15(16)10-4-3-5-11(17)8-10/h3-9,15H,1-2H3. The van der Waals surface area contributed by atoms with Crippen LogP contribution in [-0.2, 0) is 0 Å². The largest absolute Gasteiger partial charge is 0.497 e. The molecule has 0 radical (unpaired) electrons. The van der Waals surface area contributed by atoms with Crippen LogP contribution in [-0.4, -0.2) is 14.2 Å². The SMILES string of the molecule is COc1ccc(C(Br)c2cccc(F)c2)c(OC)c1. The van der Waals surface area contributed by atoms with Crippen molar-refractivity contribution in [3.8, 4) is 11.5 Å². The second-order valence-electron chi connectivity index (χ2n) is 4.03. The van der Waals surface area contributed by atoms with Gasteiger partial charge in [-0.05, 0) is 23.8 Å². The van der Waals surface area contributed by atoms with Crippen LogP contribution in [0.2, 0.25) is 0 Å². The van der Waals surface area contributed by atoms with Gasteiger partial charge >= 0.3 is 0 Å². The molecule has 4 heteroatoms. The van der Waals surface area contributed by atoms with Gasteiger partial charge in [0.05, 0.1) is 19.0 Å². The number of methoxy groups -OCH3 is 2. The highest BCUT2D eigenvalue weighted by Crippen LogP contribution is 2.38. The van der Waals surface area contributed by atoms with Crippen molar-refractivity contribution < 1.29 is 13.9 Å². The summed E-state index contributed by atoms with van der Waals surface area (Å²) in [5, 5.41) is 0. The van der Waals surface area contributed by atoms with Crippen LogP contribution < -0.4 is 9.47 Å². The molecule has 0 aliphatic heterocycles. The number of hydrogen-bond acceptors (Lipinski definition) is 2. The van der Waals surface area contributed by atoms with Crippen molar-refractivity contribution in [1.29, 1.82) is 0 Å². The monoisotopic (exact) mass is 324 g/mol. The maximum absolute atomic E-state index is 13.3. The van der Waals surface area contributed by atoms with Crippen LogP contribution in [0.5, 0.6) is 11.5 Å². The fraction of sp³-hybridized carbons (Fsp3) is 0.200. The molecule has 100 valence electrons. The van der Waals surface area contributed by atoms with Gasteiger partial charge in [0.2, 0.25) is 0 Å². The molecule has 0 heterocycles. The van der Waals surface area contributed by atoms with Gasteiger partial charge in [-0.2, -0.15) is 0 Å². The Kier molecular flexibility index (Phi) is 4.43. The molecule has 2 aromatic carbocycles. The number of hydrogen-bond donors (Lipinski definition) is 0. The predicted octanol–water partition coefficient (Wildman–Crippen LogP) is 4.33. The summed E-state index contributed by atoms with van der Waals surface area (Å²) in [6.07, 6.45) is 0. The zero-order chi connectivity index (χ0) is 13.8. The number of halogens is 2. The Bertz CT molecular complexity index is 572. The molecular formula is C15H14BrFO2. The number of rotatable bonds is 4. The molecule has 1 unspecified atom stereocenters. The zero-order valence-corrected chi connectivity index (χ0v) is 12.3. The summed E-state index contributed by atoms with van der Waals surface area (Å²) in [5.74, 6) is 1.17. The van der Waals surface area contributed by atoms with Crippen LogP contribution in [0.3, 0.4) is 0 Å². The van der Waals surface area contributed by atoms with Gasteiger partial charge in [0.25, 0.3) is 0 Å². The van der Waals surface area contributed by atoms with Gasteiger partial charge in [-0.3, -0.25) is 0 Å². The van der Waals surface area contributed by atoms with Crippen molar-refractivity contribution in [3.05, 3.63) is 59.4 Å². The van der Waals surface area contributed by atoms with Gasteiger partial charge in [-0.1, -0.05) is 34.1 Å². The smallest absolute Gasteiger partial charge is 0.127 e. The average Bonchev–Trinajstić information content (AvgIpc) is 2.45. The van der Waals surface area contributed by atoms with Crippen LogP contribution in [0.15, 0.2) is 42.5 Å². The van der Waals surface area contributed by atoms with E-state index in [1.54, 1.807) is 20.3 Å². The first-order chi connectivity index (χ1) is 9.15. The fourth-order valence-electron chi connectivity index (χ4n) is 1.87. The fourth-order valence-corrected chi connectivity index (χ4v) is 2.53. The molecule has 0 aromatic heterocycles. The van der Waals surface area contributed by atoms with Crippen molar-refractivity contribution in [3.63, 3.8) is 0 Å². The lowest BCUT2D eigenvalue weighted by atomic mass is 10.0. The third kappa shape index (κ3) is 3.07. The molecule has 2 rings (SSSR count). The maximum atomic E-state index is 13.3. The van der Waals surface area contributed by atoms with Crippen molar-refractivity contribution in [1.82, 2.24) is 0 Å². The van der Waals surface area contributed by atoms with Crippen LogP contribution >= 0.6 is 15.9 Å². The topological polar surface area (TPSA) is 18.5 Å². The molecule has 0 spiro atoms. The Morgan fingerprint density at radius 3 is 2.47 bits per heavy atom. The van der Waals surface area contributed by atoms with Crippen LogP contribution in [0.25, 0.3) is 0 Å². The summed E-state index contributed by atoms with van der Waals surface area (Å²) < 4.78 is 23.8. The van der Waals surface area contributed by atoms with Crippen molar-refractivity contribution in [2.24, 2.45) is 0 Å². The Hall–Kier alpha value is -1.55. The molecule has 0 fully saturated rings. The summed E-state index contributed by atoms with van der Waals surface area (Å²) in [7, 11) is 3.20. The molecule has 0 aliphatic carbocycles. The van der Waals surface area contributed by atoms with Crippen LogP contribution in [0, 0.1) is 5.82 Å². The van der Waals surface area contributed by atoms with Crippen molar-refractivity contribution in [2.45, 2.75) is 4.83 Å². The van der Waals surface area contributed by atoms with E-state index in [0.29, 0.717) is 5.75 Å². The molecule has 0 N–H and O–H groups in total. The Labute approximate surface area is 120 Å². The molecule has 2 aromatic rings. The van der Waals surface area contributed by atoms with Gasteiger partial charge in [0, 0.05) is 11.6 Å². The van der Waals surface area contributed by atoms with E-state index in [9.17, 15) is 4.39 Å². The van der Waals surface area contributed by atoms with E-state index in [1.807, 2.05) is 24.3 Å². The van der Waals surface area contributed by atoms with E-state index in [0.717, 1.165) is 16.9 Å². The highest BCUT2D eigenvalue weighted by molar-refractivity contribution is 9.09. The van der Waals surface area contributed by atoms with Gasteiger partial charge in [-0.15, -0.1) is 0 Å². The minimum Gasteiger partial charge on any atom is -0.497 e.